The molecule has 2 amide bonds. The highest BCUT2D eigenvalue weighted by Crippen LogP contribution is 2.20. The van der Waals surface area contributed by atoms with Crippen LogP contribution in [0.15, 0.2) is 0 Å². The number of carboxylic acid groups (broad SMARTS) is 1. The van der Waals surface area contributed by atoms with Crippen molar-refractivity contribution < 1.29 is 24.5 Å². The average Bonchev–Trinajstić information content (AvgIpc) is 2.97. The lowest BCUT2D eigenvalue weighted by Crippen LogP contribution is -2.48. The molecule has 7 heteroatoms. The fraction of sp³-hybridized carbons (Fsp3) is 0.833. The maximum Gasteiger partial charge on any atom is 0.326 e. The number of β-amino-alcohol motifs (C(OH)–C–C–N with tert-alkyl or cyclic N) is 1. The number of ether oxygens (including phenoxy) is 1. The van der Waals surface area contributed by atoms with Gasteiger partial charge in [0.25, 0.3) is 0 Å². The molecule has 2 aliphatic rings. The van der Waals surface area contributed by atoms with Crippen molar-refractivity contribution in [2.24, 2.45) is 0 Å². The summed E-state index contributed by atoms with van der Waals surface area (Å²) in [6.07, 6.45) is 1.27. The highest BCUT2D eigenvalue weighted by Gasteiger charge is 2.40. The maximum atomic E-state index is 12.2. The summed E-state index contributed by atoms with van der Waals surface area (Å²) in [5, 5.41) is 18.6. The summed E-state index contributed by atoms with van der Waals surface area (Å²) >= 11 is 0. The van der Waals surface area contributed by atoms with Gasteiger partial charge >= 0.3 is 12.0 Å². The third-order valence-electron chi connectivity index (χ3n) is 3.64. The average molecular weight is 272 g/mol. The van der Waals surface area contributed by atoms with E-state index >= 15 is 0 Å². The van der Waals surface area contributed by atoms with Crippen molar-refractivity contribution in [3.05, 3.63) is 0 Å². The lowest BCUT2D eigenvalue weighted by molar-refractivity contribution is -0.141. The molecule has 2 rings (SSSR count). The molecule has 0 aromatic heterocycles. The van der Waals surface area contributed by atoms with Gasteiger partial charge in [-0.2, -0.15) is 0 Å². The van der Waals surface area contributed by atoms with Gasteiger partial charge in [-0.3, -0.25) is 0 Å². The van der Waals surface area contributed by atoms with Crippen molar-refractivity contribution in [3.63, 3.8) is 0 Å². The molecule has 0 spiro atoms. The normalized spacial score (nSPS) is 30.6. The minimum absolute atomic E-state index is 0.0322. The van der Waals surface area contributed by atoms with Crippen LogP contribution in [0.25, 0.3) is 0 Å². The van der Waals surface area contributed by atoms with E-state index in [0.29, 0.717) is 13.2 Å². The van der Waals surface area contributed by atoms with Crippen LogP contribution in [-0.4, -0.2) is 77.0 Å². The van der Waals surface area contributed by atoms with Crippen molar-refractivity contribution in [1.82, 2.24) is 9.80 Å². The zero-order valence-electron chi connectivity index (χ0n) is 11.0. The second kappa shape index (κ2) is 5.75. The van der Waals surface area contributed by atoms with Crippen LogP contribution in [0, 0.1) is 0 Å². The Kier molecular flexibility index (Phi) is 4.26. The monoisotopic (exact) mass is 272 g/mol. The van der Waals surface area contributed by atoms with E-state index in [9.17, 15) is 14.7 Å². The van der Waals surface area contributed by atoms with Crippen LogP contribution in [0.2, 0.25) is 0 Å². The zero-order chi connectivity index (χ0) is 14.0. The number of urea groups is 1. The van der Waals surface area contributed by atoms with Crippen molar-refractivity contribution >= 4 is 12.0 Å². The van der Waals surface area contributed by atoms with Crippen molar-refractivity contribution in [2.45, 2.75) is 37.5 Å². The van der Waals surface area contributed by atoms with Crippen LogP contribution in [0.4, 0.5) is 4.79 Å². The van der Waals surface area contributed by atoms with E-state index in [4.69, 9.17) is 9.84 Å². The molecule has 2 fully saturated rings. The summed E-state index contributed by atoms with van der Waals surface area (Å²) in [5.74, 6) is -1.07. The molecular weight excluding hydrogens is 252 g/mol. The first-order valence-electron chi connectivity index (χ1n) is 6.53. The Bertz CT molecular complexity index is 356. The van der Waals surface area contributed by atoms with Gasteiger partial charge < -0.3 is 24.7 Å². The topological polar surface area (TPSA) is 90.3 Å². The first kappa shape index (κ1) is 14.1. The predicted molar refractivity (Wildman–Crippen MR) is 65.8 cm³/mol. The number of rotatable bonds is 3. The Labute approximate surface area is 111 Å². The largest absolute Gasteiger partial charge is 0.480 e. The number of likely N-dealkylation sites (tertiary alicyclic amines) is 1. The summed E-state index contributed by atoms with van der Waals surface area (Å²) in [6.45, 7) is 1.25. The Morgan fingerprint density at radius 3 is 2.79 bits per heavy atom. The van der Waals surface area contributed by atoms with Gasteiger partial charge in [-0.1, -0.05) is 0 Å². The minimum atomic E-state index is -1.07. The highest BCUT2D eigenvalue weighted by atomic mass is 16.5. The van der Waals surface area contributed by atoms with Gasteiger partial charge in [-0.15, -0.1) is 0 Å². The Morgan fingerprint density at radius 2 is 2.21 bits per heavy atom. The van der Waals surface area contributed by atoms with Crippen LogP contribution < -0.4 is 0 Å². The molecule has 7 nitrogen and oxygen atoms in total. The molecule has 2 aliphatic heterocycles. The van der Waals surface area contributed by atoms with Gasteiger partial charge in [0.15, 0.2) is 0 Å². The third-order valence-corrected chi connectivity index (χ3v) is 3.64. The molecule has 0 radical (unpaired) electrons. The SMILES string of the molecule is CN(CC1CCCO1)C(=O)N1C[C@H](O)C[C@@H]1C(=O)O. The van der Waals surface area contributed by atoms with E-state index < -0.39 is 18.1 Å². The summed E-state index contributed by atoms with van der Waals surface area (Å²) in [4.78, 5) is 26.0. The maximum absolute atomic E-state index is 12.2. The second-order valence-electron chi connectivity index (χ2n) is 5.19. The molecule has 2 N–H and O–H groups in total. The number of aliphatic hydroxyl groups is 1. The summed E-state index contributed by atoms with van der Waals surface area (Å²) < 4.78 is 5.45. The minimum Gasteiger partial charge on any atom is -0.480 e. The summed E-state index contributed by atoms with van der Waals surface area (Å²) in [6, 6.07) is -1.30. The number of carbonyl (C=O) groups is 2. The van der Waals surface area contributed by atoms with Crippen LogP contribution in [0.3, 0.4) is 0 Å². The van der Waals surface area contributed by atoms with E-state index in [1.165, 1.54) is 9.80 Å². The molecule has 19 heavy (non-hydrogen) atoms. The summed E-state index contributed by atoms with van der Waals surface area (Å²) in [5.41, 5.74) is 0. The first-order valence-corrected chi connectivity index (χ1v) is 6.53. The van der Waals surface area contributed by atoms with E-state index in [-0.39, 0.29) is 25.1 Å². The molecule has 0 bridgehead atoms. The molecule has 2 saturated heterocycles. The molecule has 3 atom stereocenters. The van der Waals surface area contributed by atoms with Gasteiger partial charge in [0, 0.05) is 33.2 Å². The summed E-state index contributed by atoms with van der Waals surface area (Å²) in [7, 11) is 1.63. The molecule has 0 aromatic carbocycles. The Morgan fingerprint density at radius 1 is 1.47 bits per heavy atom. The number of hydrogen-bond donors (Lipinski definition) is 2. The Hall–Kier alpha value is -1.34. The van der Waals surface area contributed by atoms with E-state index in [1.807, 2.05) is 0 Å². The smallest absolute Gasteiger partial charge is 0.326 e. The van der Waals surface area contributed by atoms with E-state index in [0.717, 1.165) is 12.8 Å². The lowest BCUT2D eigenvalue weighted by Gasteiger charge is -2.28. The third kappa shape index (κ3) is 3.16. The molecule has 0 saturated carbocycles. The number of amides is 2. The Balaban J connectivity index is 1.95. The van der Waals surface area contributed by atoms with Crippen molar-refractivity contribution in [2.75, 3.05) is 26.7 Å². The van der Waals surface area contributed by atoms with Crippen LogP contribution in [-0.2, 0) is 9.53 Å². The molecule has 0 aromatic rings. The van der Waals surface area contributed by atoms with Gasteiger partial charge in [0.2, 0.25) is 0 Å². The highest BCUT2D eigenvalue weighted by molar-refractivity contribution is 5.83. The van der Waals surface area contributed by atoms with E-state index in [1.54, 1.807) is 7.05 Å². The van der Waals surface area contributed by atoms with Crippen LogP contribution in [0.5, 0.6) is 0 Å². The van der Waals surface area contributed by atoms with Crippen molar-refractivity contribution in [1.29, 1.82) is 0 Å². The number of likely N-dealkylation sites (N-methyl/N-ethyl adjacent to an activating group) is 1. The van der Waals surface area contributed by atoms with Crippen LogP contribution >= 0.6 is 0 Å². The number of aliphatic hydroxyl groups excluding tert-OH is 1. The number of nitrogens with zero attached hydrogens (tertiary/aromatic N) is 2. The fourth-order valence-corrected chi connectivity index (χ4v) is 2.65. The van der Waals surface area contributed by atoms with Crippen molar-refractivity contribution in [3.8, 4) is 0 Å². The molecule has 2 heterocycles. The number of aliphatic carboxylic acids is 1. The number of carbonyl (C=O) groups excluding carboxylic acids is 1. The standard InChI is InChI=1S/C12H20N2O5/c1-13(7-9-3-2-4-19-9)12(18)14-6-8(15)5-10(14)11(16)17/h8-10,15H,2-7H2,1H3,(H,16,17)/t8-,9?,10-/m1/s1. The zero-order valence-corrected chi connectivity index (χ0v) is 11.0. The molecule has 0 aliphatic carbocycles. The molecular formula is C12H20N2O5. The quantitative estimate of drug-likeness (QED) is 0.738. The van der Waals surface area contributed by atoms with E-state index in [2.05, 4.69) is 0 Å². The van der Waals surface area contributed by atoms with Gasteiger partial charge in [-0.25, -0.2) is 9.59 Å². The van der Waals surface area contributed by atoms with Gasteiger partial charge in [0.05, 0.1) is 12.2 Å². The second-order valence-corrected chi connectivity index (χ2v) is 5.19. The van der Waals surface area contributed by atoms with Gasteiger partial charge in [-0.05, 0) is 12.8 Å². The number of carboxylic acids is 1. The molecule has 108 valence electrons. The first-order chi connectivity index (χ1) is 8.99. The fourth-order valence-electron chi connectivity index (χ4n) is 2.65. The van der Waals surface area contributed by atoms with Gasteiger partial charge in [0.1, 0.15) is 6.04 Å². The lowest BCUT2D eigenvalue weighted by atomic mass is 10.2. The molecule has 1 unspecified atom stereocenters. The van der Waals surface area contributed by atoms with Crippen LogP contribution in [0.1, 0.15) is 19.3 Å². The number of hydrogen-bond acceptors (Lipinski definition) is 4. The predicted octanol–water partition coefficient (Wildman–Crippen LogP) is -0.263.